The first-order chi connectivity index (χ1) is 10.5. The number of benzene rings is 1. The molecule has 0 bridgehead atoms. The van der Waals surface area contributed by atoms with E-state index in [-0.39, 0.29) is 17.8 Å². The lowest BCUT2D eigenvalue weighted by atomic mass is 9.99. The summed E-state index contributed by atoms with van der Waals surface area (Å²) < 4.78 is 14.0. The lowest BCUT2D eigenvalue weighted by molar-refractivity contribution is -0.119. The molecule has 0 saturated carbocycles. The Morgan fingerprint density at radius 1 is 1.41 bits per heavy atom. The van der Waals surface area contributed by atoms with Crippen LogP contribution in [0.2, 0.25) is 0 Å². The smallest absolute Gasteiger partial charge is 0.217 e. The molecule has 0 radical (unpaired) electrons. The van der Waals surface area contributed by atoms with Gasteiger partial charge in [0.25, 0.3) is 0 Å². The average molecular weight is 321 g/mol. The maximum Gasteiger partial charge on any atom is 0.217 e. The Labute approximate surface area is 133 Å². The Kier molecular flexibility index (Phi) is 5.63. The van der Waals surface area contributed by atoms with Gasteiger partial charge in [0, 0.05) is 30.0 Å². The SMILES string of the molecule is CC(=O)NC(c1ccccc1F)C(C)NCc1scnc1C. The van der Waals surface area contributed by atoms with Gasteiger partial charge in [0.15, 0.2) is 0 Å². The lowest BCUT2D eigenvalue weighted by Gasteiger charge is -2.26. The minimum absolute atomic E-state index is 0.123. The van der Waals surface area contributed by atoms with Crippen molar-refractivity contribution in [3.05, 3.63) is 51.7 Å². The van der Waals surface area contributed by atoms with E-state index in [2.05, 4.69) is 15.6 Å². The highest BCUT2D eigenvalue weighted by molar-refractivity contribution is 7.09. The van der Waals surface area contributed by atoms with E-state index in [1.807, 2.05) is 13.8 Å². The number of aromatic nitrogens is 1. The van der Waals surface area contributed by atoms with Gasteiger partial charge >= 0.3 is 0 Å². The molecule has 1 heterocycles. The summed E-state index contributed by atoms with van der Waals surface area (Å²) in [6, 6.07) is 5.97. The topological polar surface area (TPSA) is 54.0 Å². The van der Waals surface area contributed by atoms with Crippen LogP contribution in [0.15, 0.2) is 29.8 Å². The van der Waals surface area contributed by atoms with Crippen LogP contribution in [-0.2, 0) is 11.3 Å². The fourth-order valence-electron chi connectivity index (χ4n) is 2.29. The van der Waals surface area contributed by atoms with Gasteiger partial charge in [0.2, 0.25) is 5.91 Å². The zero-order chi connectivity index (χ0) is 16.1. The molecule has 4 nitrogen and oxygen atoms in total. The summed E-state index contributed by atoms with van der Waals surface area (Å²) >= 11 is 1.58. The van der Waals surface area contributed by atoms with Gasteiger partial charge in [-0.05, 0) is 19.9 Å². The molecule has 2 rings (SSSR count). The molecular weight excluding hydrogens is 301 g/mol. The normalized spacial score (nSPS) is 13.6. The molecule has 2 unspecified atom stereocenters. The molecule has 0 fully saturated rings. The summed E-state index contributed by atoms with van der Waals surface area (Å²) in [4.78, 5) is 16.8. The molecule has 22 heavy (non-hydrogen) atoms. The fraction of sp³-hybridized carbons (Fsp3) is 0.375. The lowest BCUT2D eigenvalue weighted by Crippen LogP contribution is -2.41. The number of amides is 1. The highest BCUT2D eigenvalue weighted by Gasteiger charge is 2.23. The zero-order valence-electron chi connectivity index (χ0n) is 12.9. The van der Waals surface area contributed by atoms with E-state index in [4.69, 9.17) is 0 Å². The van der Waals surface area contributed by atoms with Crippen molar-refractivity contribution < 1.29 is 9.18 Å². The van der Waals surface area contributed by atoms with Gasteiger partial charge in [-0.1, -0.05) is 18.2 Å². The first-order valence-electron chi connectivity index (χ1n) is 7.13. The molecule has 118 valence electrons. The Bertz CT molecular complexity index is 644. The maximum absolute atomic E-state index is 14.0. The molecule has 0 aliphatic carbocycles. The van der Waals surface area contributed by atoms with Gasteiger partial charge in [0.05, 0.1) is 17.2 Å². The molecule has 1 amide bonds. The van der Waals surface area contributed by atoms with Gasteiger partial charge in [0.1, 0.15) is 5.82 Å². The first-order valence-corrected chi connectivity index (χ1v) is 8.01. The molecule has 0 aliphatic heterocycles. The summed E-state index contributed by atoms with van der Waals surface area (Å²) in [5.74, 6) is -0.500. The highest BCUT2D eigenvalue weighted by Crippen LogP contribution is 2.21. The quantitative estimate of drug-likeness (QED) is 0.860. The van der Waals surface area contributed by atoms with Crippen LogP contribution in [0.1, 0.15) is 36.0 Å². The molecular formula is C16H20FN3OS. The predicted molar refractivity (Wildman–Crippen MR) is 86.1 cm³/mol. The summed E-state index contributed by atoms with van der Waals surface area (Å²) in [5, 5.41) is 6.17. The van der Waals surface area contributed by atoms with Crippen LogP contribution in [0, 0.1) is 12.7 Å². The van der Waals surface area contributed by atoms with Crippen molar-refractivity contribution in [1.82, 2.24) is 15.6 Å². The van der Waals surface area contributed by atoms with Gasteiger partial charge < -0.3 is 10.6 Å². The predicted octanol–water partition coefficient (Wildman–Crippen LogP) is 2.95. The minimum Gasteiger partial charge on any atom is -0.348 e. The first kappa shape index (κ1) is 16.6. The highest BCUT2D eigenvalue weighted by atomic mass is 32.1. The van der Waals surface area contributed by atoms with E-state index in [9.17, 15) is 9.18 Å². The van der Waals surface area contributed by atoms with E-state index < -0.39 is 6.04 Å². The van der Waals surface area contributed by atoms with Crippen molar-refractivity contribution >= 4 is 17.2 Å². The number of nitrogens with one attached hydrogen (secondary N) is 2. The van der Waals surface area contributed by atoms with Crippen LogP contribution < -0.4 is 10.6 Å². The Morgan fingerprint density at radius 2 is 2.14 bits per heavy atom. The number of halogens is 1. The number of carbonyl (C=O) groups excluding carboxylic acids is 1. The van der Waals surface area contributed by atoms with Gasteiger partial charge in [-0.25, -0.2) is 9.37 Å². The van der Waals surface area contributed by atoms with Crippen molar-refractivity contribution in [3.8, 4) is 0 Å². The minimum atomic E-state index is -0.424. The Morgan fingerprint density at radius 3 is 2.73 bits per heavy atom. The number of hydrogen-bond donors (Lipinski definition) is 2. The van der Waals surface area contributed by atoms with Gasteiger partial charge in [-0.2, -0.15) is 0 Å². The number of nitrogens with zero attached hydrogens (tertiary/aromatic N) is 1. The van der Waals surface area contributed by atoms with Crippen molar-refractivity contribution in [2.24, 2.45) is 0 Å². The number of thiazole rings is 1. The van der Waals surface area contributed by atoms with Crippen LogP contribution in [0.3, 0.4) is 0 Å². The number of hydrogen-bond acceptors (Lipinski definition) is 4. The second kappa shape index (κ2) is 7.47. The van der Waals surface area contributed by atoms with Crippen LogP contribution in [0.25, 0.3) is 0 Å². The third kappa shape index (κ3) is 4.11. The summed E-state index contributed by atoms with van der Waals surface area (Å²) in [7, 11) is 0. The van der Waals surface area contributed by atoms with Crippen LogP contribution in [0.4, 0.5) is 4.39 Å². The second-order valence-electron chi connectivity index (χ2n) is 5.23. The molecule has 1 aromatic heterocycles. The molecule has 1 aromatic carbocycles. The maximum atomic E-state index is 14.0. The largest absolute Gasteiger partial charge is 0.348 e. The van der Waals surface area contributed by atoms with Crippen LogP contribution >= 0.6 is 11.3 Å². The third-order valence-corrected chi connectivity index (χ3v) is 4.46. The van der Waals surface area contributed by atoms with Crippen molar-refractivity contribution in [2.45, 2.75) is 39.4 Å². The van der Waals surface area contributed by atoms with Crippen molar-refractivity contribution in [3.63, 3.8) is 0 Å². The molecule has 2 atom stereocenters. The third-order valence-electron chi connectivity index (χ3n) is 3.53. The monoisotopic (exact) mass is 321 g/mol. The standard InChI is InChI=1S/C16H20FN3OS/c1-10-15(22-9-19-10)8-18-11(2)16(20-12(3)21)13-6-4-5-7-14(13)17/h4-7,9,11,16,18H,8H2,1-3H3,(H,20,21). The molecule has 2 aromatic rings. The summed E-state index contributed by atoms with van der Waals surface area (Å²) in [6.07, 6.45) is 0. The van der Waals surface area contributed by atoms with E-state index in [1.165, 1.54) is 13.0 Å². The summed E-state index contributed by atoms with van der Waals surface area (Å²) in [6.45, 7) is 5.97. The average Bonchev–Trinajstić information content (AvgIpc) is 2.88. The zero-order valence-corrected chi connectivity index (χ0v) is 13.7. The molecule has 0 spiro atoms. The van der Waals surface area contributed by atoms with Crippen molar-refractivity contribution in [2.75, 3.05) is 0 Å². The Balaban J connectivity index is 2.13. The van der Waals surface area contributed by atoms with Gasteiger partial charge in [-0.15, -0.1) is 11.3 Å². The fourth-order valence-corrected chi connectivity index (χ4v) is 3.01. The molecule has 0 aliphatic rings. The van der Waals surface area contributed by atoms with Crippen LogP contribution in [-0.4, -0.2) is 16.9 Å². The second-order valence-corrected chi connectivity index (χ2v) is 6.17. The van der Waals surface area contributed by atoms with E-state index in [0.29, 0.717) is 12.1 Å². The Hall–Kier alpha value is -1.79. The van der Waals surface area contributed by atoms with Crippen LogP contribution in [0.5, 0.6) is 0 Å². The van der Waals surface area contributed by atoms with E-state index >= 15 is 0 Å². The van der Waals surface area contributed by atoms with E-state index in [1.54, 1.807) is 35.0 Å². The molecule has 2 N–H and O–H groups in total. The molecule has 6 heteroatoms. The molecule has 0 saturated heterocycles. The van der Waals surface area contributed by atoms with Crippen molar-refractivity contribution in [1.29, 1.82) is 0 Å². The summed E-state index contributed by atoms with van der Waals surface area (Å²) in [5.41, 5.74) is 3.28. The number of carbonyl (C=O) groups is 1. The van der Waals surface area contributed by atoms with Gasteiger partial charge in [-0.3, -0.25) is 4.79 Å². The number of rotatable bonds is 6. The number of aryl methyl sites for hydroxylation is 1. The van der Waals surface area contributed by atoms with E-state index in [0.717, 1.165) is 10.6 Å².